The predicted octanol–water partition coefficient (Wildman–Crippen LogP) is 17.5. The Kier molecular flexibility index (Phi) is 9.17. The van der Waals surface area contributed by atoms with Gasteiger partial charge in [0.05, 0.1) is 22.1 Å². The lowest BCUT2D eigenvalue weighted by atomic mass is 10.0. The Bertz CT molecular complexity index is 3940. The van der Waals surface area contributed by atoms with Gasteiger partial charge in [-0.2, -0.15) is 0 Å². The molecule has 0 atom stereocenters. The van der Waals surface area contributed by atoms with Crippen LogP contribution in [0.1, 0.15) is 0 Å². The maximum absolute atomic E-state index is 2.47. The van der Waals surface area contributed by atoms with E-state index in [4.69, 9.17) is 0 Å². The highest BCUT2D eigenvalue weighted by atomic mass is 15.1. The highest BCUT2D eigenvalue weighted by Crippen LogP contribution is 2.43. The zero-order valence-corrected chi connectivity index (χ0v) is 36.7. The van der Waals surface area contributed by atoms with Crippen LogP contribution in [0.5, 0.6) is 0 Å². The number of hydrogen-bond donors (Lipinski definition) is 0. The molecule has 3 nitrogen and oxygen atoms in total. The van der Waals surface area contributed by atoms with Crippen molar-refractivity contribution in [2.24, 2.45) is 0 Å². The topological polar surface area (TPSA) is 13.1 Å². The van der Waals surface area contributed by atoms with Gasteiger partial charge in [-0.3, -0.25) is 0 Å². The monoisotopic (exact) mass is 853 g/mol. The van der Waals surface area contributed by atoms with Crippen molar-refractivity contribution < 1.29 is 0 Å². The molecule has 0 aliphatic carbocycles. The van der Waals surface area contributed by atoms with Crippen LogP contribution in [0, 0.1) is 0 Å². The fourth-order valence-corrected chi connectivity index (χ4v) is 10.3. The van der Waals surface area contributed by atoms with Gasteiger partial charge in [-0.15, -0.1) is 0 Å². The molecule has 3 heteroatoms. The second-order valence-electron chi connectivity index (χ2n) is 17.4. The second kappa shape index (κ2) is 16.0. The van der Waals surface area contributed by atoms with Crippen LogP contribution in [-0.2, 0) is 0 Å². The Balaban J connectivity index is 0.902. The van der Waals surface area contributed by atoms with Crippen molar-refractivity contribution in [3.63, 3.8) is 0 Å². The Morgan fingerprint density at radius 3 is 1.43 bits per heavy atom. The second-order valence-corrected chi connectivity index (χ2v) is 17.4. The van der Waals surface area contributed by atoms with Crippen molar-refractivity contribution in [3.05, 3.63) is 261 Å². The third-order valence-corrected chi connectivity index (χ3v) is 13.5. The molecule has 0 unspecified atom stereocenters. The van der Waals surface area contributed by atoms with Gasteiger partial charge < -0.3 is 14.0 Å². The summed E-state index contributed by atoms with van der Waals surface area (Å²) < 4.78 is 4.91. The number of nitrogens with zero attached hydrogens (tertiary/aromatic N) is 3. The van der Waals surface area contributed by atoms with Crippen LogP contribution in [0.3, 0.4) is 0 Å². The van der Waals surface area contributed by atoms with E-state index in [0.717, 1.165) is 34.0 Å². The lowest BCUT2D eigenvalue weighted by Crippen LogP contribution is -2.10. The van der Waals surface area contributed by atoms with Gasteiger partial charge in [-0.05, 0) is 123 Å². The van der Waals surface area contributed by atoms with Gasteiger partial charge in [-0.25, -0.2) is 0 Å². The van der Waals surface area contributed by atoms with Crippen LogP contribution < -0.4 is 4.90 Å². The van der Waals surface area contributed by atoms with Crippen molar-refractivity contribution in [3.8, 4) is 44.8 Å². The number of hydrogen-bond acceptors (Lipinski definition) is 1. The molecule has 0 saturated carbocycles. The molecule has 0 amide bonds. The summed E-state index contributed by atoms with van der Waals surface area (Å²) in [5.74, 6) is 0. The molecule has 2 aromatic heterocycles. The first-order chi connectivity index (χ1) is 33.2. The summed E-state index contributed by atoms with van der Waals surface area (Å²) in [5, 5.41) is 7.46. The van der Waals surface area contributed by atoms with Crippen molar-refractivity contribution in [1.82, 2.24) is 9.13 Å². The Morgan fingerprint density at radius 1 is 0.254 bits per heavy atom. The third kappa shape index (κ3) is 6.59. The lowest BCUT2D eigenvalue weighted by molar-refractivity contribution is 1.18. The molecule has 0 aliphatic heterocycles. The highest BCUT2D eigenvalue weighted by molar-refractivity contribution is 6.26. The molecule has 314 valence electrons. The fourth-order valence-electron chi connectivity index (χ4n) is 10.3. The summed E-state index contributed by atoms with van der Waals surface area (Å²) in [6, 6.07) is 94.8. The summed E-state index contributed by atoms with van der Waals surface area (Å²) in [6.45, 7) is 0. The van der Waals surface area contributed by atoms with E-state index < -0.39 is 0 Å². The molecule has 0 spiro atoms. The van der Waals surface area contributed by atoms with Gasteiger partial charge >= 0.3 is 0 Å². The SMILES string of the molecule is c1ccc(-c2ccc(N(c3ccc(-c4ccc(-n5c6ccccc6c6ccc7c(c8ccccc8n7-c7ccc8ccccc8c7)c65)cc4)cc3)c3cccc(-c4ccccc4)c3)cc2)cc1. The molecule has 13 aromatic rings. The van der Waals surface area contributed by atoms with Crippen LogP contribution in [0.25, 0.3) is 99.1 Å². The summed E-state index contributed by atoms with van der Waals surface area (Å²) >= 11 is 0. The zero-order valence-electron chi connectivity index (χ0n) is 36.7. The number of para-hydroxylation sites is 2. The number of anilines is 3. The Hall–Kier alpha value is -8.92. The molecular formula is C64H43N3. The standard InChI is InChI=1S/C64H43N3/c1-3-14-44(15-4-1)47-26-33-52(34-27-47)65(55-21-13-20-51(42-55)45-16-5-2-6-17-45)53-35-28-48(29-36-53)49-30-37-54(38-31-49)67-60-24-11-9-22-57(60)58-40-41-62-63(64(58)67)59-23-10-12-25-61(59)66(62)56-39-32-46-18-7-8-19-50(46)43-56/h1-43H. The van der Waals surface area contributed by atoms with E-state index in [1.807, 2.05) is 0 Å². The largest absolute Gasteiger partial charge is 0.310 e. The quantitative estimate of drug-likeness (QED) is 0.148. The van der Waals surface area contributed by atoms with E-state index in [-0.39, 0.29) is 0 Å². The summed E-state index contributed by atoms with van der Waals surface area (Å²) in [6.07, 6.45) is 0. The number of aromatic nitrogens is 2. The molecule has 11 aromatic carbocycles. The van der Waals surface area contributed by atoms with Gasteiger partial charge in [0.15, 0.2) is 0 Å². The highest BCUT2D eigenvalue weighted by Gasteiger charge is 2.21. The minimum atomic E-state index is 1.09. The van der Waals surface area contributed by atoms with Crippen molar-refractivity contribution >= 4 is 71.4 Å². The molecule has 0 radical (unpaired) electrons. The third-order valence-electron chi connectivity index (χ3n) is 13.5. The van der Waals surface area contributed by atoms with Crippen LogP contribution >= 0.6 is 0 Å². The van der Waals surface area contributed by atoms with Gasteiger partial charge in [0.1, 0.15) is 0 Å². The van der Waals surface area contributed by atoms with Gasteiger partial charge in [0, 0.05) is 50.0 Å². The van der Waals surface area contributed by atoms with E-state index in [0.29, 0.717) is 0 Å². The molecule has 2 heterocycles. The molecular weight excluding hydrogens is 811 g/mol. The smallest absolute Gasteiger partial charge is 0.0641 e. The predicted molar refractivity (Wildman–Crippen MR) is 284 cm³/mol. The normalized spacial score (nSPS) is 11.6. The summed E-state index contributed by atoms with van der Waals surface area (Å²) in [5.41, 5.74) is 17.5. The van der Waals surface area contributed by atoms with Crippen LogP contribution in [0.2, 0.25) is 0 Å². The summed E-state index contributed by atoms with van der Waals surface area (Å²) in [7, 11) is 0. The number of benzene rings is 11. The van der Waals surface area contributed by atoms with E-state index in [9.17, 15) is 0 Å². The van der Waals surface area contributed by atoms with E-state index in [1.165, 1.54) is 82.2 Å². The Labute approximate surface area is 389 Å². The average molecular weight is 854 g/mol. The van der Waals surface area contributed by atoms with Crippen LogP contribution in [0.4, 0.5) is 17.1 Å². The number of fused-ring (bicyclic) bond motifs is 8. The van der Waals surface area contributed by atoms with Crippen molar-refractivity contribution in [2.75, 3.05) is 4.90 Å². The fraction of sp³-hybridized carbons (Fsp3) is 0. The van der Waals surface area contributed by atoms with E-state index >= 15 is 0 Å². The lowest BCUT2D eigenvalue weighted by Gasteiger charge is -2.26. The minimum absolute atomic E-state index is 1.09. The summed E-state index contributed by atoms with van der Waals surface area (Å²) in [4.78, 5) is 2.36. The van der Waals surface area contributed by atoms with Gasteiger partial charge in [-0.1, -0.05) is 182 Å². The first-order valence-corrected chi connectivity index (χ1v) is 23.0. The zero-order chi connectivity index (χ0) is 44.3. The van der Waals surface area contributed by atoms with Crippen molar-refractivity contribution in [1.29, 1.82) is 0 Å². The van der Waals surface area contributed by atoms with Crippen molar-refractivity contribution in [2.45, 2.75) is 0 Å². The first kappa shape index (κ1) is 38.5. The maximum atomic E-state index is 2.47. The Morgan fingerprint density at radius 2 is 0.761 bits per heavy atom. The molecule has 0 aliphatic rings. The van der Waals surface area contributed by atoms with Gasteiger partial charge in [0.25, 0.3) is 0 Å². The first-order valence-electron chi connectivity index (χ1n) is 23.0. The van der Waals surface area contributed by atoms with E-state index in [2.05, 4.69) is 275 Å². The van der Waals surface area contributed by atoms with Crippen LogP contribution in [0.15, 0.2) is 261 Å². The molecule has 0 saturated heterocycles. The van der Waals surface area contributed by atoms with E-state index in [1.54, 1.807) is 0 Å². The van der Waals surface area contributed by atoms with Gasteiger partial charge in [0.2, 0.25) is 0 Å². The molecule has 0 N–H and O–H groups in total. The molecule has 67 heavy (non-hydrogen) atoms. The average Bonchev–Trinajstić information content (AvgIpc) is 3.93. The minimum Gasteiger partial charge on any atom is -0.310 e. The number of rotatable bonds is 8. The molecule has 0 bridgehead atoms. The van der Waals surface area contributed by atoms with Crippen LogP contribution in [-0.4, -0.2) is 9.13 Å². The molecule has 13 rings (SSSR count). The maximum Gasteiger partial charge on any atom is 0.0641 e. The molecule has 0 fully saturated rings.